The Labute approximate surface area is 174 Å². The number of hydrogen-bond donors (Lipinski definition) is 0. The Balaban J connectivity index is 1.73. The molecule has 0 saturated heterocycles. The van der Waals surface area contributed by atoms with Crippen LogP contribution < -0.4 is 0 Å². The van der Waals surface area contributed by atoms with Crippen LogP contribution in [-0.4, -0.2) is 23.1 Å². The van der Waals surface area contributed by atoms with Crippen molar-refractivity contribution >= 4 is 68.2 Å². The smallest absolute Gasteiger partial charge is 0.252 e. The first kappa shape index (κ1) is 18.6. The number of halogens is 2. The molecule has 0 radical (unpaired) electrons. The normalized spacial score (nSPS) is 16.5. The zero-order valence-electron chi connectivity index (χ0n) is 14.4. The summed E-state index contributed by atoms with van der Waals surface area (Å²) in [5.74, 6) is 0.135. The summed E-state index contributed by atoms with van der Waals surface area (Å²) in [6, 6.07) is 13.4. The summed E-state index contributed by atoms with van der Waals surface area (Å²) in [7, 11) is 0. The van der Waals surface area contributed by atoms with Crippen molar-refractivity contribution < 1.29 is 9.53 Å². The number of fused-ring (bicyclic) bond motifs is 1. The summed E-state index contributed by atoms with van der Waals surface area (Å²) in [5, 5.41) is 7.73. The summed E-state index contributed by atoms with van der Waals surface area (Å²) in [5.41, 5.74) is 0.849. The predicted octanol–water partition coefficient (Wildman–Crippen LogP) is 6.17. The molecule has 1 aliphatic rings. The monoisotopic (exact) mass is 436 g/mol. The molecular formula is C19H14Cl2N2O2S2. The third kappa shape index (κ3) is 3.43. The topological polar surface area (TPSA) is 41.9 Å². The SMILES string of the molecule is CSc1ccc(C2OC(c3sc4ccc(Cl)cc4c3Cl)=NN2C(C)=O)cc1. The van der Waals surface area contributed by atoms with Crippen LogP contribution in [0.15, 0.2) is 52.5 Å². The highest BCUT2D eigenvalue weighted by atomic mass is 35.5. The van der Waals surface area contributed by atoms with Gasteiger partial charge in [0, 0.05) is 32.5 Å². The molecule has 4 nitrogen and oxygen atoms in total. The first-order chi connectivity index (χ1) is 13.0. The summed E-state index contributed by atoms with van der Waals surface area (Å²) < 4.78 is 7.04. The number of hydrazone groups is 1. The maximum atomic E-state index is 12.1. The van der Waals surface area contributed by atoms with Crippen molar-refractivity contribution in [2.24, 2.45) is 5.10 Å². The van der Waals surface area contributed by atoms with E-state index in [0.717, 1.165) is 20.5 Å². The number of nitrogens with zero attached hydrogens (tertiary/aromatic N) is 2. The number of thioether (sulfide) groups is 1. The fraction of sp³-hybridized carbons (Fsp3) is 0.158. The van der Waals surface area contributed by atoms with E-state index >= 15 is 0 Å². The number of carbonyl (C=O) groups excluding carboxylic acids is 1. The lowest BCUT2D eigenvalue weighted by molar-refractivity contribution is -0.135. The zero-order valence-corrected chi connectivity index (χ0v) is 17.5. The van der Waals surface area contributed by atoms with Crippen LogP contribution in [0.25, 0.3) is 10.1 Å². The van der Waals surface area contributed by atoms with E-state index in [1.165, 1.54) is 23.3 Å². The highest BCUT2D eigenvalue weighted by Gasteiger charge is 2.34. The Morgan fingerprint density at radius 2 is 1.96 bits per heavy atom. The molecule has 0 bridgehead atoms. The summed E-state index contributed by atoms with van der Waals surface area (Å²) >= 11 is 15.7. The van der Waals surface area contributed by atoms with Crippen LogP contribution in [0.1, 0.15) is 23.6 Å². The molecule has 1 aromatic heterocycles. The van der Waals surface area contributed by atoms with E-state index in [1.54, 1.807) is 11.8 Å². The standard InChI is InChI=1S/C19H14Cl2N2O2S2/c1-10(24)23-19(11-3-6-13(26-2)7-4-11)25-18(22-23)17-16(21)14-9-12(20)5-8-15(14)27-17/h3-9,19H,1-2H3. The van der Waals surface area contributed by atoms with E-state index in [9.17, 15) is 4.79 Å². The average Bonchev–Trinajstić information content (AvgIpc) is 3.24. The maximum Gasteiger partial charge on any atom is 0.252 e. The molecule has 27 heavy (non-hydrogen) atoms. The molecular weight excluding hydrogens is 423 g/mol. The Morgan fingerprint density at radius 3 is 2.63 bits per heavy atom. The average molecular weight is 437 g/mol. The van der Waals surface area contributed by atoms with Crippen molar-refractivity contribution in [2.75, 3.05) is 6.26 Å². The molecule has 0 saturated carbocycles. The first-order valence-corrected chi connectivity index (χ1v) is 10.8. The number of thiophene rings is 1. The van der Waals surface area contributed by atoms with Crippen molar-refractivity contribution in [1.29, 1.82) is 0 Å². The summed E-state index contributed by atoms with van der Waals surface area (Å²) in [6.45, 7) is 1.46. The highest BCUT2D eigenvalue weighted by molar-refractivity contribution is 7.98. The zero-order chi connectivity index (χ0) is 19.1. The van der Waals surface area contributed by atoms with Crippen molar-refractivity contribution in [1.82, 2.24) is 5.01 Å². The molecule has 1 unspecified atom stereocenters. The van der Waals surface area contributed by atoms with Gasteiger partial charge in [0.05, 0.1) is 5.02 Å². The van der Waals surface area contributed by atoms with Crippen molar-refractivity contribution in [2.45, 2.75) is 18.0 Å². The number of carbonyl (C=O) groups is 1. The van der Waals surface area contributed by atoms with Gasteiger partial charge in [0.1, 0.15) is 4.88 Å². The second kappa shape index (κ2) is 7.36. The van der Waals surface area contributed by atoms with Gasteiger partial charge in [0.25, 0.3) is 5.90 Å². The lowest BCUT2D eigenvalue weighted by atomic mass is 10.2. The molecule has 2 heterocycles. The molecule has 0 fully saturated rings. The molecule has 1 aliphatic heterocycles. The van der Waals surface area contributed by atoms with Crippen LogP contribution in [0.4, 0.5) is 0 Å². The lowest BCUT2D eigenvalue weighted by Crippen LogP contribution is -2.25. The van der Waals surface area contributed by atoms with Crippen LogP contribution >= 0.6 is 46.3 Å². The molecule has 8 heteroatoms. The molecule has 3 aromatic rings. The Kier molecular flexibility index (Phi) is 5.07. The first-order valence-electron chi connectivity index (χ1n) is 8.05. The van der Waals surface area contributed by atoms with E-state index in [-0.39, 0.29) is 5.91 Å². The van der Waals surface area contributed by atoms with E-state index in [2.05, 4.69) is 5.10 Å². The van der Waals surface area contributed by atoms with Gasteiger partial charge in [-0.15, -0.1) is 28.2 Å². The van der Waals surface area contributed by atoms with Gasteiger partial charge in [0.2, 0.25) is 12.1 Å². The fourth-order valence-corrected chi connectivity index (χ4v) is 4.81. The summed E-state index contributed by atoms with van der Waals surface area (Å²) in [4.78, 5) is 13.9. The molecule has 0 N–H and O–H groups in total. The third-order valence-electron chi connectivity index (χ3n) is 4.15. The minimum Gasteiger partial charge on any atom is -0.445 e. The number of rotatable bonds is 3. The number of ether oxygens (including phenoxy) is 1. The molecule has 1 atom stereocenters. The summed E-state index contributed by atoms with van der Waals surface area (Å²) in [6.07, 6.45) is 1.40. The number of hydrogen-bond acceptors (Lipinski definition) is 5. The molecule has 0 aliphatic carbocycles. The van der Waals surface area contributed by atoms with Gasteiger partial charge in [-0.05, 0) is 36.6 Å². The Morgan fingerprint density at radius 1 is 1.22 bits per heavy atom. The largest absolute Gasteiger partial charge is 0.445 e. The van der Waals surface area contributed by atoms with E-state index in [0.29, 0.717) is 20.8 Å². The van der Waals surface area contributed by atoms with Crippen LogP contribution in [-0.2, 0) is 9.53 Å². The molecule has 1 amide bonds. The van der Waals surface area contributed by atoms with E-state index in [1.807, 2.05) is 48.7 Å². The van der Waals surface area contributed by atoms with Crippen LogP contribution in [0.5, 0.6) is 0 Å². The van der Waals surface area contributed by atoms with E-state index < -0.39 is 6.23 Å². The fourth-order valence-electron chi connectivity index (χ4n) is 2.82. The molecule has 138 valence electrons. The minimum atomic E-state index is -0.613. The van der Waals surface area contributed by atoms with Gasteiger partial charge in [-0.1, -0.05) is 35.3 Å². The third-order valence-corrected chi connectivity index (χ3v) is 6.79. The maximum absolute atomic E-state index is 12.1. The van der Waals surface area contributed by atoms with Crippen LogP contribution in [0.2, 0.25) is 10.0 Å². The number of amides is 1. The van der Waals surface area contributed by atoms with Gasteiger partial charge in [-0.2, -0.15) is 5.01 Å². The van der Waals surface area contributed by atoms with Crippen molar-refractivity contribution in [3.8, 4) is 0 Å². The molecule has 2 aromatic carbocycles. The van der Waals surface area contributed by atoms with Crippen molar-refractivity contribution in [3.05, 3.63) is 63.0 Å². The second-order valence-electron chi connectivity index (χ2n) is 5.90. The van der Waals surface area contributed by atoms with Gasteiger partial charge >= 0.3 is 0 Å². The van der Waals surface area contributed by atoms with E-state index in [4.69, 9.17) is 27.9 Å². The Bertz CT molecular complexity index is 1060. The highest BCUT2D eigenvalue weighted by Crippen LogP contribution is 2.40. The number of benzene rings is 2. The lowest BCUT2D eigenvalue weighted by Gasteiger charge is -2.19. The van der Waals surface area contributed by atoms with Crippen LogP contribution in [0, 0.1) is 0 Å². The van der Waals surface area contributed by atoms with Gasteiger partial charge in [-0.3, -0.25) is 4.79 Å². The van der Waals surface area contributed by atoms with Crippen LogP contribution in [0.3, 0.4) is 0 Å². The molecule has 0 spiro atoms. The van der Waals surface area contributed by atoms with Gasteiger partial charge in [0.15, 0.2) is 0 Å². The van der Waals surface area contributed by atoms with Crippen molar-refractivity contribution in [3.63, 3.8) is 0 Å². The minimum absolute atomic E-state index is 0.204. The van der Waals surface area contributed by atoms with Gasteiger partial charge < -0.3 is 4.74 Å². The van der Waals surface area contributed by atoms with Gasteiger partial charge in [-0.25, -0.2) is 0 Å². The molecule has 4 rings (SSSR count). The second-order valence-corrected chi connectivity index (χ2v) is 8.64. The Hall–Kier alpha value is -1.73. The quantitative estimate of drug-likeness (QED) is 0.460. The predicted molar refractivity (Wildman–Crippen MR) is 113 cm³/mol.